The summed E-state index contributed by atoms with van der Waals surface area (Å²) < 4.78 is 1.85. The molecule has 1 aromatic carbocycles. The number of nitrogens with one attached hydrogen (secondary N) is 3. The molecule has 1 saturated heterocycles. The van der Waals surface area contributed by atoms with Crippen molar-refractivity contribution >= 4 is 22.8 Å². The minimum Gasteiger partial charge on any atom is -0.361 e. The van der Waals surface area contributed by atoms with Crippen molar-refractivity contribution in [1.29, 1.82) is 0 Å². The number of benzene rings is 1. The van der Waals surface area contributed by atoms with Crippen LogP contribution in [-0.4, -0.2) is 52.1 Å². The maximum atomic E-state index is 13.2. The molecule has 2 bridgehead atoms. The molecule has 4 heterocycles. The van der Waals surface area contributed by atoms with Gasteiger partial charge in [-0.25, -0.2) is 4.79 Å². The Morgan fingerprint density at radius 1 is 1.09 bits per heavy atom. The Bertz CT molecular complexity index is 1290. The summed E-state index contributed by atoms with van der Waals surface area (Å²) in [7, 11) is 0. The lowest BCUT2D eigenvalue weighted by Gasteiger charge is -2.43. The van der Waals surface area contributed by atoms with Gasteiger partial charge in [0.25, 0.3) is 5.56 Å². The third-order valence-corrected chi connectivity index (χ3v) is 7.36. The SMILES string of the molecule is CC(C)[C@H](NC(=O)N1C[C@@H]2C[C@H](C1)c1cccc(=O)n1C2)C(=O)NCCc1c[nH]c2ccccc12. The molecule has 2 aromatic heterocycles. The van der Waals surface area contributed by atoms with E-state index in [0.717, 1.165) is 28.6 Å². The largest absolute Gasteiger partial charge is 0.361 e. The van der Waals surface area contributed by atoms with E-state index in [2.05, 4.69) is 21.7 Å². The first-order valence-corrected chi connectivity index (χ1v) is 12.5. The van der Waals surface area contributed by atoms with Crippen LogP contribution in [0.15, 0.2) is 53.5 Å². The van der Waals surface area contributed by atoms with Crippen molar-refractivity contribution in [3.8, 4) is 0 Å². The van der Waals surface area contributed by atoms with Crippen molar-refractivity contribution in [1.82, 2.24) is 25.1 Å². The Hall–Kier alpha value is -3.55. The Labute approximate surface area is 204 Å². The number of para-hydroxylation sites is 1. The lowest BCUT2D eigenvalue weighted by Crippen LogP contribution is -2.57. The summed E-state index contributed by atoms with van der Waals surface area (Å²) >= 11 is 0. The molecule has 1 fully saturated rings. The van der Waals surface area contributed by atoms with Gasteiger partial charge in [0.15, 0.2) is 0 Å². The van der Waals surface area contributed by atoms with E-state index in [0.29, 0.717) is 32.6 Å². The number of urea groups is 1. The molecule has 0 aliphatic carbocycles. The third kappa shape index (κ3) is 4.70. The molecule has 184 valence electrons. The number of H-pyrrole nitrogens is 1. The minimum absolute atomic E-state index is 0.0271. The van der Waals surface area contributed by atoms with E-state index in [1.807, 2.05) is 53.8 Å². The normalized spacial score (nSPS) is 19.9. The number of aromatic nitrogens is 2. The van der Waals surface area contributed by atoms with Gasteiger partial charge in [0.1, 0.15) is 6.04 Å². The van der Waals surface area contributed by atoms with Gasteiger partial charge in [-0.1, -0.05) is 38.1 Å². The molecule has 0 radical (unpaired) electrons. The van der Waals surface area contributed by atoms with Crippen LogP contribution in [-0.2, 0) is 17.8 Å². The van der Waals surface area contributed by atoms with Crippen molar-refractivity contribution in [2.75, 3.05) is 19.6 Å². The first kappa shape index (κ1) is 23.2. The summed E-state index contributed by atoms with van der Waals surface area (Å²) in [6.07, 6.45) is 3.68. The number of aromatic amines is 1. The number of piperidine rings is 1. The van der Waals surface area contributed by atoms with Crippen molar-refractivity contribution in [2.24, 2.45) is 11.8 Å². The van der Waals surface area contributed by atoms with E-state index in [1.54, 1.807) is 12.1 Å². The third-order valence-electron chi connectivity index (χ3n) is 7.36. The van der Waals surface area contributed by atoms with Crippen LogP contribution in [0.5, 0.6) is 0 Å². The van der Waals surface area contributed by atoms with Gasteiger partial charge in [0.2, 0.25) is 5.91 Å². The monoisotopic (exact) mass is 475 g/mol. The lowest BCUT2D eigenvalue weighted by atomic mass is 9.83. The molecule has 8 heteroatoms. The summed E-state index contributed by atoms with van der Waals surface area (Å²) in [6, 6.07) is 12.7. The molecule has 3 N–H and O–H groups in total. The van der Waals surface area contributed by atoms with Gasteiger partial charge in [-0.15, -0.1) is 0 Å². The van der Waals surface area contributed by atoms with Crippen molar-refractivity contribution < 1.29 is 9.59 Å². The molecule has 5 rings (SSSR count). The lowest BCUT2D eigenvalue weighted by molar-refractivity contribution is -0.123. The van der Waals surface area contributed by atoms with Gasteiger partial charge in [0, 0.05) is 61.0 Å². The van der Waals surface area contributed by atoms with Crippen LogP contribution in [0.3, 0.4) is 0 Å². The Balaban J connectivity index is 1.19. The van der Waals surface area contributed by atoms with Crippen LogP contribution in [0.4, 0.5) is 4.79 Å². The van der Waals surface area contributed by atoms with Gasteiger partial charge in [-0.05, 0) is 42.4 Å². The number of likely N-dealkylation sites (tertiary alicyclic amines) is 1. The number of carbonyl (C=O) groups is 2. The summed E-state index contributed by atoms with van der Waals surface area (Å²) in [6.45, 7) is 6.17. The van der Waals surface area contributed by atoms with Crippen LogP contribution in [0.25, 0.3) is 10.9 Å². The van der Waals surface area contributed by atoms with Crippen molar-refractivity contribution in [2.45, 2.75) is 45.2 Å². The highest BCUT2D eigenvalue weighted by Crippen LogP contribution is 2.34. The van der Waals surface area contributed by atoms with E-state index in [-0.39, 0.29) is 35.3 Å². The second-order valence-corrected chi connectivity index (χ2v) is 10.2. The predicted molar refractivity (Wildman–Crippen MR) is 135 cm³/mol. The summed E-state index contributed by atoms with van der Waals surface area (Å²) in [5.41, 5.74) is 3.27. The molecule has 0 saturated carbocycles. The molecule has 35 heavy (non-hydrogen) atoms. The van der Waals surface area contributed by atoms with Crippen LogP contribution < -0.4 is 16.2 Å². The van der Waals surface area contributed by atoms with Crippen LogP contribution in [0.2, 0.25) is 0 Å². The average molecular weight is 476 g/mol. The highest BCUT2D eigenvalue weighted by molar-refractivity contribution is 5.87. The standard InChI is InChI=1S/C27H33N5O3/c1-17(2)25(26(34)28-11-10-19-13-29-22-7-4-3-6-21(19)22)30-27(35)31-14-18-12-20(16-31)23-8-5-9-24(33)32(23)15-18/h3-9,13,17-18,20,25,29H,10-12,14-16H2,1-2H3,(H,28,34)(H,30,35)/t18-,20+,25-/m0/s1. The molecule has 0 unspecified atom stereocenters. The number of fused-ring (bicyclic) bond motifs is 5. The van der Waals surface area contributed by atoms with Crippen LogP contribution in [0, 0.1) is 11.8 Å². The summed E-state index contributed by atoms with van der Waals surface area (Å²) in [5.74, 6) is 0.178. The zero-order chi connectivity index (χ0) is 24.5. The zero-order valence-corrected chi connectivity index (χ0v) is 20.3. The minimum atomic E-state index is -0.609. The number of pyridine rings is 1. The molecule has 8 nitrogen and oxygen atoms in total. The second kappa shape index (κ2) is 9.60. The average Bonchev–Trinajstić information content (AvgIpc) is 3.26. The number of hydrogen-bond acceptors (Lipinski definition) is 3. The van der Waals surface area contributed by atoms with E-state index in [9.17, 15) is 14.4 Å². The molecule has 0 spiro atoms. The topological polar surface area (TPSA) is 99.2 Å². The Morgan fingerprint density at radius 3 is 2.74 bits per heavy atom. The smallest absolute Gasteiger partial charge is 0.318 e. The molecule has 3 amide bonds. The first-order chi connectivity index (χ1) is 16.9. The molecular formula is C27H33N5O3. The molecule has 2 aliphatic heterocycles. The maximum absolute atomic E-state index is 13.2. The van der Waals surface area contributed by atoms with Gasteiger partial charge in [-0.2, -0.15) is 0 Å². The van der Waals surface area contributed by atoms with Gasteiger partial charge in [0.05, 0.1) is 0 Å². The van der Waals surface area contributed by atoms with E-state index in [4.69, 9.17) is 0 Å². The van der Waals surface area contributed by atoms with Crippen molar-refractivity contribution in [3.63, 3.8) is 0 Å². The fraction of sp³-hybridized carbons (Fsp3) is 0.444. The van der Waals surface area contributed by atoms with E-state index < -0.39 is 6.04 Å². The van der Waals surface area contributed by atoms with E-state index >= 15 is 0 Å². The van der Waals surface area contributed by atoms with Gasteiger partial charge >= 0.3 is 6.03 Å². The number of nitrogens with zero attached hydrogens (tertiary/aromatic N) is 2. The van der Waals surface area contributed by atoms with Gasteiger partial charge < -0.3 is 25.1 Å². The molecular weight excluding hydrogens is 442 g/mol. The zero-order valence-electron chi connectivity index (χ0n) is 20.3. The molecule has 3 aromatic rings. The maximum Gasteiger partial charge on any atom is 0.318 e. The number of amides is 3. The van der Waals surface area contributed by atoms with Crippen molar-refractivity contribution in [3.05, 3.63) is 70.3 Å². The van der Waals surface area contributed by atoms with Crippen LogP contribution >= 0.6 is 0 Å². The highest BCUT2D eigenvalue weighted by Gasteiger charge is 2.37. The Kier molecular flexibility index (Phi) is 6.36. The molecule has 2 aliphatic rings. The predicted octanol–water partition coefficient (Wildman–Crippen LogP) is 2.84. The number of carbonyl (C=O) groups excluding carboxylic acids is 2. The fourth-order valence-electron chi connectivity index (χ4n) is 5.59. The van der Waals surface area contributed by atoms with Crippen LogP contribution in [0.1, 0.15) is 37.4 Å². The second-order valence-electron chi connectivity index (χ2n) is 10.2. The fourth-order valence-corrected chi connectivity index (χ4v) is 5.59. The van der Waals surface area contributed by atoms with E-state index in [1.165, 1.54) is 0 Å². The number of hydrogen-bond donors (Lipinski definition) is 3. The quantitative estimate of drug-likeness (QED) is 0.511. The number of rotatable bonds is 6. The van der Waals surface area contributed by atoms with Gasteiger partial charge in [-0.3, -0.25) is 9.59 Å². The molecule has 3 atom stereocenters. The summed E-state index contributed by atoms with van der Waals surface area (Å²) in [5, 5.41) is 7.16. The Morgan fingerprint density at radius 2 is 1.91 bits per heavy atom. The summed E-state index contributed by atoms with van der Waals surface area (Å²) in [4.78, 5) is 43.5. The highest BCUT2D eigenvalue weighted by atomic mass is 16.2. The first-order valence-electron chi connectivity index (χ1n) is 12.5.